The Labute approximate surface area is 167 Å². The van der Waals surface area contributed by atoms with E-state index in [4.69, 9.17) is 0 Å². The molecule has 6 nitrogen and oxygen atoms in total. The summed E-state index contributed by atoms with van der Waals surface area (Å²) in [4.78, 5) is 30.6. The van der Waals surface area contributed by atoms with Crippen molar-refractivity contribution in [2.24, 2.45) is 0 Å². The van der Waals surface area contributed by atoms with Crippen LogP contribution in [-0.2, 0) is 9.59 Å². The number of benzene rings is 1. The van der Waals surface area contributed by atoms with E-state index >= 15 is 0 Å². The number of rotatable bonds is 10. The first-order valence-corrected chi connectivity index (χ1v) is 10.3. The molecule has 2 rings (SSSR count). The summed E-state index contributed by atoms with van der Waals surface area (Å²) in [7, 11) is 0. The average molecular weight is 393 g/mol. The minimum Gasteiger partial charge on any atom is -0.368 e. The highest BCUT2D eigenvalue weighted by Gasteiger charge is 2.21. The molecular weight excluding hydrogens is 359 g/mol. The zero-order valence-corrected chi connectivity index (χ0v) is 17.1. The molecule has 1 N–H and O–H groups in total. The Kier molecular flexibility index (Phi) is 9.20. The molecule has 7 heteroatoms. The number of hydrogen-bond acceptors (Lipinski definition) is 4. The molecule has 0 saturated carbocycles. The molecule has 1 heterocycles. The summed E-state index contributed by atoms with van der Waals surface area (Å²) in [5.41, 5.74) is 0.970. The van der Waals surface area contributed by atoms with Crippen LogP contribution in [0.5, 0.6) is 0 Å². The van der Waals surface area contributed by atoms with E-state index in [1.54, 1.807) is 12.1 Å². The Morgan fingerprint density at radius 1 is 1.04 bits per heavy atom. The molecule has 1 saturated heterocycles. The first-order valence-electron chi connectivity index (χ1n) is 10.3. The molecule has 0 atom stereocenters. The van der Waals surface area contributed by atoms with E-state index in [-0.39, 0.29) is 30.5 Å². The third kappa shape index (κ3) is 7.11. The molecule has 1 aliphatic heterocycles. The van der Waals surface area contributed by atoms with Gasteiger partial charge < -0.3 is 20.0 Å². The highest BCUT2D eigenvalue weighted by atomic mass is 19.1. The molecule has 2 amide bonds. The number of nitrogens with zero attached hydrogens (tertiary/aromatic N) is 3. The van der Waals surface area contributed by atoms with Gasteiger partial charge in [0.1, 0.15) is 5.82 Å². The van der Waals surface area contributed by atoms with Gasteiger partial charge in [0.25, 0.3) is 0 Å². The lowest BCUT2D eigenvalue weighted by Crippen LogP contribution is -2.49. The smallest absolute Gasteiger partial charge is 0.223 e. The topological polar surface area (TPSA) is 55.9 Å². The standard InChI is InChI=1S/C21H33FN4O2/c1-3-24(4-2)13-5-12-23-20(27)10-11-21(28)26-16-14-25(15-17-26)19-8-6-18(22)7-9-19/h6-9H,3-5,10-17H2,1-2H3,(H,23,27). The first-order chi connectivity index (χ1) is 13.5. The van der Waals surface area contributed by atoms with Gasteiger partial charge in [0.2, 0.25) is 11.8 Å². The highest BCUT2D eigenvalue weighted by molar-refractivity contribution is 5.83. The molecule has 28 heavy (non-hydrogen) atoms. The Morgan fingerprint density at radius 3 is 2.29 bits per heavy atom. The molecule has 1 aromatic rings. The molecule has 0 spiro atoms. The lowest BCUT2D eigenvalue weighted by Gasteiger charge is -2.36. The summed E-state index contributed by atoms with van der Waals surface area (Å²) < 4.78 is 13.0. The van der Waals surface area contributed by atoms with Gasteiger partial charge >= 0.3 is 0 Å². The number of carbonyl (C=O) groups excluding carboxylic acids is 2. The van der Waals surface area contributed by atoms with Crippen molar-refractivity contribution in [2.75, 3.05) is 57.3 Å². The van der Waals surface area contributed by atoms with E-state index in [2.05, 4.69) is 29.0 Å². The predicted octanol–water partition coefficient (Wildman–Crippen LogP) is 2.10. The van der Waals surface area contributed by atoms with Gasteiger partial charge in [-0.05, 0) is 50.3 Å². The molecule has 0 radical (unpaired) electrons. The van der Waals surface area contributed by atoms with Gasteiger partial charge in [0.05, 0.1) is 0 Å². The number of carbonyl (C=O) groups is 2. The van der Waals surface area contributed by atoms with E-state index in [1.807, 2.05) is 4.90 Å². The summed E-state index contributed by atoms with van der Waals surface area (Å²) in [5, 5.41) is 2.90. The maximum atomic E-state index is 13.0. The van der Waals surface area contributed by atoms with Gasteiger partial charge in [-0.2, -0.15) is 0 Å². The van der Waals surface area contributed by atoms with Crippen molar-refractivity contribution in [1.82, 2.24) is 15.1 Å². The minimum atomic E-state index is -0.246. The van der Waals surface area contributed by atoms with Crippen LogP contribution in [0.4, 0.5) is 10.1 Å². The number of anilines is 1. The lowest BCUT2D eigenvalue weighted by atomic mass is 10.2. The quantitative estimate of drug-likeness (QED) is 0.620. The lowest BCUT2D eigenvalue weighted by molar-refractivity contribution is -0.133. The number of hydrogen-bond donors (Lipinski definition) is 1. The Hall–Kier alpha value is -2.15. The van der Waals surface area contributed by atoms with Gasteiger partial charge in [-0.25, -0.2) is 4.39 Å². The molecule has 0 aliphatic carbocycles. The van der Waals surface area contributed by atoms with Crippen LogP contribution in [0.2, 0.25) is 0 Å². The van der Waals surface area contributed by atoms with E-state index in [9.17, 15) is 14.0 Å². The molecule has 1 aliphatic rings. The largest absolute Gasteiger partial charge is 0.368 e. The molecule has 156 valence electrons. The Balaban J connectivity index is 1.62. The van der Waals surface area contributed by atoms with Crippen molar-refractivity contribution in [2.45, 2.75) is 33.1 Å². The zero-order chi connectivity index (χ0) is 20.4. The van der Waals surface area contributed by atoms with E-state index < -0.39 is 0 Å². The van der Waals surface area contributed by atoms with Crippen molar-refractivity contribution in [3.8, 4) is 0 Å². The van der Waals surface area contributed by atoms with Crippen LogP contribution < -0.4 is 10.2 Å². The maximum absolute atomic E-state index is 13.0. The van der Waals surface area contributed by atoms with Crippen LogP contribution in [0.3, 0.4) is 0 Å². The Bertz CT molecular complexity index is 611. The van der Waals surface area contributed by atoms with E-state index in [1.165, 1.54) is 12.1 Å². The van der Waals surface area contributed by atoms with Crippen LogP contribution in [0.1, 0.15) is 33.1 Å². The molecule has 0 aromatic heterocycles. The molecular formula is C21H33FN4O2. The van der Waals surface area contributed by atoms with Crippen LogP contribution in [0, 0.1) is 5.82 Å². The molecule has 0 unspecified atom stereocenters. The second-order valence-corrected chi connectivity index (χ2v) is 7.07. The predicted molar refractivity (Wildman–Crippen MR) is 110 cm³/mol. The average Bonchev–Trinajstić information content (AvgIpc) is 2.73. The third-order valence-electron chi connectivity index (χ3n) is 5.26. The molecule has 1 fully saturated rings. The summed E-state index contributed by atoms with van der Waals surface area (Å²) in [6.07, 6.45) is 1.41. The van der Waals surface area contributed by atoms with E-state index in [0.29, 0.717) is 19.6 Å². The number of nitrogens with one attached hydrogen (secondary N) is 1. The van der Waals surface area contributed by atoms with Crippen molar-refractivity contribution < 1.29 is 14.0 Å². The fourth-order valence-corrected chi connectivity index (χ4v) is 3.40. The highest BCUT2D eigenvalue weighted by Crippen LogP contribution is 2.17. The molecule has 1 aromatic carbocycles. The summed E-state index contributed by atoms with van der Waals surface area (Å²) >= 11 is 0. The number of amides is 2. The van der Waals surface area contributed by atoms with Gasteiger partial charge in [-0.15, -0.1) is 0 Å². The van der Waals surface area contributed by atoms with Crippen LogP contribution in [0.15, 0.2) is 24.3 Å². The number of halogens is 1. The second-order valence-electron chi connectivity index (χ2n) is 7.07. The van der Waals surface area contributed by atoms with Crippen LogP contribution in [0.25, 0.3) is 0 Å². The summed E-state index contributed by atoms with van der Waals surface area (Å²) in [6.45, 7) is 10.6. The fourth-order valence-electron chi connectivity index (χ4n) is 3.40. The van der Waals surface area contributed by atoms with Gasteiger partial charge in [0, 0.05) is 51.3 Å². The van der Waals surface area contributed by atoms with Gasteiger partial charge in [-0.3, -0.25) is 9.59 Å². The van der Waals surface area contributed by atoms with Crippen LogP contribution >= 0.6 is 0 Å². The normalized spacial score (nSPS) is 14.4. The first kappa shape index (κ1) is 22.1. The van der Waals surface area contributed by atoms with Crippen molar-refractivity contribution in [3.63, 3.8) is 0 Å². The zero-order valence-electron chi connectivity index (χ0n) is 17.1. The number of piperazine rings is 1. The van der Waals surface area contributed by atoms with Gasteiger partial charge in [0.15, 0.2) is 0 Å². The summed E-state index contributed by atoms with van der Waals surface area (Å²) in [5.74, 6) is -0.279. The summed E-state index contributed by atoms with van der Waals surface area (Å²) in [6, 6.07) is 6.43. The van der Waals surface area contributed by atoms with Crippen molar-refractivity contribution in [3.05, 3.63) is 30.1 Å². The maximum Gasteiger partial charge on any atom is 0.223 e. The third-order valence-corrected chi connectivity index (χ3v) is 5.26. The van der Waals surface area contributed by atoms with Gasteiger partial charge in [-0.1, -0.05) is 13.8 Å². The molecule has 0 bridgehead atoms. The SMILES string of the molecule is CCN(CC)CCCNC(=O)CCC(=O)N1CCN(c2ccc(F)cc2)CC1. The van der Waals surface area contributed by atoms with Crippen LogP contribution in [-0.4, -0.2) is 74.0 Å². The Morgan fingerprint density at radius 2 is 1.68 bits per heavy atom. The van der Waals surface area contributed by atoms with Crippen molar-refractivity contribution >= 4 is 17.5 Å². The monoisotopic (exact) mass is 392 g/mol. The van der Waals surface area contributed by atoms with Crippen molar-refractivity contribution in [1.29, 1.82) is 0 Å². The second kappa shape index (κ2) is 11.6. The minimum absolute atomic E-state index is 0.0250. The van der Waals surface area contributed by atoms with E-state index in [0.717, 1.165) is 44.8 Å². The fraction of sp³-hybridized carbons (Fsp3) is 0.619.